The molecule has 0 spiro atoms. The molecule has 0 radical (unpaired) electrons. The van der Waals surface area contributed by atoms with Crippen LogP contribution in [0.1, 0.15) is 39.5 Å². The molecule has 5 heteroatoms. The summed E-state index contributed by atoms with van der Waals surface area (Å²) in [7, 11) is 0. The monoisotopic (exact) mass is 227 g/mol. The number of hydrogen-bond donors (Lipinski definition) is 2. The lowest BCUT2D eigenvalue weighted by molar-refractivity contribution is -0.135. The lowest BCUT2D eigenvalue weighted by Crippen LogP contribution is -2.48. The highest BCUT2D eigenvalue weighted by molar-refractivity contribution is 4.84. The van der Waals surface area contributed by atoms with Gasteiger partial charge in [-0.25, -0.2) is 0 Å². The standard InChI is InChI=1S/C10H20F3NO/c1-3-9(4-2,8-15)14-7-5-6-10(11,12)13/h14-15H,3-8H2,1-2H3. The fourth-order valence-corrected chi connectivity index (χ4v) is 1.42. The van der Waals surface area contributed by atoms with Crippen LogP contribution >= 0.6 is 0 Å². The molecule has 0 aromatic heterocycles. The number of nitrogens with one attached hydrogen (secondary N) is 1. The molecule has 0 aliphatic heterocycles. The van der Waals surface area contributed by atoms with Crippen LogP contribution in [-0.2, 0) is 0 Å². The van der Waals surface area contributed by atoms with Gasteiger partial charge in [-0.3, -0.25) is 0 Å². The second-order valence-electron chi connectivity index (χ2n) is 3.79. The van der Waals surface area contributed by atoms with E-state index in [-0.39, 0.29) is 13.0 Å². The zero-order chi connectivity index (χ0) is 11.9. The van der Waals surface area contributed by atoms with Gasteiger partial charge >= 0.3 is 6.18 Å². The summed E-state index contributed by atoms with van der Waals surface area (Å²) in [5.74, 6) is 0. The quantitative estimate of drug-likeness (QED) is 0.655. The van der Waals surface area contributed by atoms with Gasteiger partial charge in [0.1, 0.15) is 0 Å². The van der Waals surface area contributed by atoms with E-state index in [0.717, 1.165) is 0 Å². The van der Waals surface area contributed by atoms with Gasteiger partial charge in [0.05, 0.1) is 6.61 Å². The molecular formula is C10H20F3NO. The molecule has 2 nitrogen and oxygen atoms in total. The third kappa shape index (κ3) is 5.99. The van der Waals surface area contributed by atoms with Gasteiger partial charge in [0.25, 0.3) is 0 Å². The summed E-state index contributed by atoms with van der Waals surface area (Å²) in [5, 5.41) is 12.2. The largest absolute Gasteiger partial charge is 0.394 e. The van der Waals surface area contributed by atoms with Crippen LogP contribution in [-0.4, -0.2) is 30.0 Å². The van der Waals surface area contributed by atoms with Gasteiger partial charge < -0.3 is 10.4 Å². The van der Waals surface area contributed by atoms with E-state index in [2.05, 4.69) is 5.32 Å². The van der Waals surface area contributed by atoms with Crippen LogP contribution in [0.5, 0.6) is 0 Å². The fraction of sp³-hybridized carbons (Fsp3) is 1.00. The predicted octanol–water partition coefficient (Wildman–Crippen LogP) is 2.47. The van der Waals surface area contributed by atoms with Crippen molar-refractivity contribution < 1.29 is 18.3 Å². The molecule has 0 heterocycles. The average Bonchev–Trinajstić information content (AvgIpc) is 2.18. The Balaban J connectivity index is 3.82. The van der Waals surface area contributed by atoms with Crippen molar-refractivity contribution in [3.63, 3.8) is 0 Å². The van der Waals surface area contributed by atoms with Crippen molar-refractivity contribution in [2.45, 2.75) is 51.2 Å². The van der Waals surface area contributed by atoms with E-state index in [0.29, 0.717) is 19.4 Å². The number of alkyl halides is 3. The number of rotatable bonds is 7. The first-order chi connectivity index (χ1) is 6.89. The van der Waals surface area contributed by atoms with Gasteiger partial charge in [0.15, 0.2) is 0 Å². The summed E-state index contributed by atoms with van der Waals surface area (Å²) >= 11 is 0. The molecular weight excluding hydrogens is 207 g/mol. The van der Waals surface area contributed by atoms with Crippen LogP contribution < -0.4 is 5.32 Å². The molecule has 0 saturated heterocycles. The minimum Gasteiger partial charge on any atom is -0.394 e. The number of aliphatic hydroxyl groups excluding tert-OH is 1. The van der Waals surface area contributed by atoms with E-state index in [1.54, 1.807) is 0 Å². The molecule has 0 unspecified atom stereocenters. The van der Waals surface area contributed by atoms with Gasteiger partial charge in [-0.1, -0.05) is 13.8 Å². The zero-order valence-corrected chi connectivity index (χ0v) is 9.32. The fourth-order valence-electron chi connectivity index (χ4n) is 1.42. The molecule has 0 saturated carbocycles. The Bertz CT molecular complexity index is 158. The first kappa shape index (κ1) is 14.7. The highest BCUT2D eigenvalue weighted by Gasteiger charge is 2.28. The zero-order valence-electron chi connectivity index (χ0n) is 9.32. The van der Waals surface area contributed by atoms with Crippen LogP contribution in [0.15, 0.2) is 0 Å². The van der Waals surface area contributed by atoms with E-state index in [1.165, 1.54) is 0 Å². The topological polar surface area (TPSA) is 32.3 Å². The molecule has 0 amide bonds. The molecule has 0 aliphatic carbocycles. The Labute approximate surface area is 88.9 Å². The SMILES string of the molecule is CCC(CC)(CO)NCCCC(F)(F)F. The summed E-state index contributed by atoms with van der Waals surface area (Å²) in [4.78, 5) is 0. The minimum absolute atomic E-state index is 0.0357. The van der Waals surface area contributed by atoms with Crippen molar-refractivity contribution in [2.24, 2.45) is 0 Å². The van der Waals surface area contributed by atoms with Gasteiger partial charge in [-0.05, 0) is 25.8 Å². The number of aliphatic hydroxyl groups is 1. The van der Waals surface area contributed by atoms with E-state index in [1.807, 2.05) is 13.8 Å². The van der Waals surface area contributed by atoms with Gasteiger partial charge in [-0.2, -0.15) is 13.2 Å². The Hall–Kier alpha value is -0.290. The molecule has 0 aromatic carbocycles. The van der Waals surface area contributed by atoms with Crippen molar-refractivity contribution >= 4 is 0 Å². The van der Waals surface area contributed by atoms with E-state index in [4.69, 9.17) is 5.11 Å². The molecule has 15 heavy (non-hydrogen) atoms. The van der Waals surface area contributed by atoms with Crippen LogP contribution in [0.4, 0.5) is 13.2 Å². The van der Waals surface area contributed by atoms with Gasteiger partial charge in [0.2, 0.25) is 0 Å². The summed E-state index contributed by atoms with van der Waals surface area (Å²) in [6, 6.07) is 0. The van der Waals surface area contributed by atoms with Crippen molar-refractivity contribution in [3.05, 3.63) is 0 Å². The summed E-state index contributed by atoms with van der Waals surface area (Å²) in [5.41, 5.74) is -0.411. The van der Waals surface area contributed by atoms with E-state index in [9.17, 15) is 13.2 Å². The van der Waals surface area contributed by atoms with E-state index < -0.39 is 18.1 Å². The molecule has 0 atom stereocenters. The van der Waals surface area contributed by atoms with Crippen molar-refractivity contribution in [3.8, 4) is 0 Å². The number of halogens is 3. The normalized spacial score (nSPS) is 13.2. The molecule has 0 aliphatic rings. The molecule has 2 N–H and O–H groups in total. The van der Waals surface area contributed by atoms with Crippen molar-refractivity contribution in [2.75, 3.05) is 13.2 Å². The van der Waals surface area contributed by atoms with E-state index >= 15 is 0 Å². The van der Waals surface area contributed by atoms with Gasteiger partial charge in [0, 0.05) is 12.0 Å². The molecule has 0 aromatic rings. The highest BCUT2D eigenvalue weighted by atomic mass is 19.4. The first-order valence-electron chi connectivity index (χ1n) is 5.32. The molecule has 0 fully saturated rings. The lowest BCUT2D eigenvalue weighted by atomic mass is 9.94. The number of hydrogen-bond acceptors (Lipinski definition) is 2. The molecule has 0 bridgehead atoms. The molecule has 0 rings (SSSR count). The molecule has 92 valence electrons. The summed E-state index contributed by atoms with van der Waals surface area (Å²) in [6.07, 6.45) is -3.36. The first-order valence-corrected chi connectivity index (χ1v) is 5.32. The third-order valence-electron chi connectivity index (χ3n) is 2.79. The maximum Gasteiger partial charge on any atom is 0.389 e. The Morgan fingerprint density at radius 3 is 2.00 bits per heavy atom. The lowest BCUT2D eigenvalue weighted by Gasteiger charge is -2.31. The van der Waals surface area contributed by atoms with Crippen LogP contribution in [0.2, 0.25) is 0 Å². The minimum atomic E-state index is -4.08. The summed E-state index contributed by atoms with van der Waals surface area (Å²) < 4.78 is 35.5. The maximum absolute atomic E-state index is 11.8. The Morgan fingerprint density at radius 1 is 1.13 bits per heavy atom. The van der Waals surface area contributed by atoms with Gasteiger partial charge in [-0.15, -0.1) is 0 Å². The second-order valence-corrected chi connectivity index (χ2v) is 3.79. The summed E-state index contributed by atoms with van der Waals surface area (Å²) in [6.45, 7) is 4.08. The maximum atomic E-state index is 11.8. The highest BCUT2D eigenvalue weighted by Crippen LogP contribution is 2.21. The third-order valence-corrected chi connectivity index (χ3v) is 2.79. The Morgan fingerprint density at radius 2 is 1.67 bits per heavy atom. The van der Waals surface area contributed by atoms with Crippen molar-refractivity contribution in [1.82, 2.24) is 5.32 Å². The van der Waals surface area contributed by atoms with Crippen LogP contribution in [0.3, 0.4) is 0 Å². The van der Waals surface area contributed by atoms with Crippen LogP contribution in [0.25, 0.3) is 0 Å². The van der Waals surface area contributed by atoms with Crippen molar-refractivity contribution in [1.29, 1.82) is 0 Å². The predicted molar refractivity (Wildman–Crippen MR) is 53.7 cm³/mol. The average molecular weight is 227 g/mol. The van der Waals surface area contributed by atoms with Crippen LogP contribution in [0, 0.1) is 0 Å². The Kier molecular flexibility index (Phi) is 6.20. The second kappa shape index (κ2) is 6.33. The smallest absolute Gasteiger partial charge is 0.389 e.